The number of aryl methyl sites for hydroxylation is 1. The van der Waals surface area contributed by atoms with Crippen molar-refractivity contribution in [2.24, 2.45) is 4.99 Å². The number of benzene rings is 2. The van der Waals surface area contributed by atoms with Crippen molar-refractivity contribution < 1.29 is 14.3 Å². The van der Waals surface area contributed by atoms with E-state index >= 15 is 0 Å². The number of ether oxygens (including phenoxy) is 2. The highest BCUT2D eigenvalue weighted by molar-refractivity contribution is 5.94. The fraction of sp³-hybridized carbons (Fsp3) is 0.417. The van der Waals surface area contributed by atoms with E-state index in [1.54, 1.807) is 7.11 Å². The molecule has 0 unspecified atom stereocenters. The van der Waals surface area contributed by atoms with Crippen molar-refractivity contribution in [1.82, 2.24) is 16.0 Å². The molecule has 0 saturated heterocycles. The van der Waals surface area contributed by atoms with Crippen LogP contribution >= 0.6 is 0 Å². The van der Waals surface area contributed by atoms with Crippen LogP contribution < -0.4 is 20.7 Å². The van der Waals surface area contributed by atoms with Crippen LogP contribution in [0, 0.1) is 6.92 Å². The predicted octanol–water partition coefficient (Wildman–Crippen LogP) is 3.03. The van der Waals surface area contributed by atoms with Gasteiger partial charge in [-0.2, -0.15) is 0 Å². The molecule has 1 amide bonds. The second-order valence-corrected chi connectivity index (χ2v) is 7.06. The Hall–Kier alpha value is -3.06. The normalized spacial score (nSPS) is 11.2. The third-order valence-electron chi connectivity index (χ3n) is 4.50. The smallest absolute Gasteiger partial charge is 0.251 e. The molecule has 0 atom stereocenters. The van der Waals surface area contributed by atoms with Crippen LogP contribution in [0.5, 0.6) is 5.75 Å². The summed E-state index contributed by atoms with van der Waals surface area (Å²) >= 11 is 0. The molecule has 0 aliphatic heterocycles. The summed E-state index contributed by atoms with van der Waals surface area (Å²) in [5, 5.41) is 9.45. The quantitative estimate of drug-likeness (QED) is 0.292. The molecule has 7 nitrogen and oxygen atoms in total. The summed E-state index contributed by atoms with van der Waals surface area (Å²) in [4.78, 5) is 16.7. The Morgan fingerprint density at radius 2 is 1.81 bits per heavy atom. The minimum Gasteiger partial charge on any atom is -0.491 e. The highest BCUT2D eigenvalue weighted by Crippen LogP contribution is 2.20. The van der Waals surface area contributed by atoms with E-state index in [0.717, 1.165) is 29.0 Å². The number of carbonyl (C=O) groups excluding carboxylic acids is 1. The maximum Gasteiger partial charge on any atom is 0.251 e. The Labute approximate surface area is 185 Å². The minimum atomic E-state index is -0.0706. The molecule has 31 heavy (non-hydrogen) atoms. The Morgan fingerprint density at radius 3 is 2.55 bits per heavy atom. The van der Waals surface area contributed by atoms with Crippen LogP contribution in [0.25, 0.3) is 0 Å². The average molecular weight is 427 g/mol. The predicted molar refractivity (Wildman–Crippen MR) is 125 cm³/mol. The SMILES string of the molecule is CCNC(=O)c1cccc(CN=C(NCC)NCc2ccc(C)cc2OCCOC)c1. The summed E-state index contributed by atoms with van der Waals surface area (Å²) in [6.45, 7) is 9.41. The molecule has 2 aromatic rings. The van der Waals surface area contributed by atoms with Crippen molar-refractivity contribution in [1.29, 1.82) is 0 Å². The first-order valence-corrected chi connectivity index (χ1v) is 10.7. The molecule has 7 heteroatoms. The number of hydrogen-bond acceptors (Lipinski definition) is 4. The zero-order valence-electron chi connectivity index (χ0n) is 19.0. The van der Waals surface area contributed by atoms with Crippen LogP contribution in [-0.2, 0) is 17.8 Å². The summed E-state index contributed by atoms with van der Waals surface area (Å²) in [6.07, 6.45) is 0. The second-order valence-electron chi connectivity index (χ2n) is 7.06. The van der Waals surface area contributed by atoms with Gasteiger partial charge in [0.05, 0.1) is 13.2 Å². The first-order valence-electron chi connectivity index (χ1n) is 10.7. The van der Waals surface area contributed by atoms with Gasteiger partial charge >= 0.3 is 0 Å². The van der Waals surface area contributed by atoms with Gasteiger partial charge in [-0.05, 0) is 50.1 Å². The Balaban J connectivity index is 2.06. The number of hydrogen-bond donors (Lipinski definition) is 3. The number of nitrogens with zero attached hydrogens (tertiary/aromatic N) is 1. The lowest BCUT2D eigenvalue weighted by molar-refractivity contribution is 0.0955. The van der Waals surface area contributed by atoms with Crippen LogP contribution in [0.15, 0.2) is 47.5 Å². The summed E-state index contributed by atoms with van der Waals surface area (Å²) in [5.41, 5.74) is 3.80. The number of aliphatic imine (C=N–C) groups is 1. The summed E-state index contributed by atoms with van der Waals surface area (Å²) in [7, 11) is 1.66. The summed E-state index contributed by atoms with van der Waals surface area (Å²) < 4.78 is 11.0. The third-order valence-corrected chi connectivity index (χ3v) is 4.50. The maximum absolute atomic E-state index is 12.1. The third kappa shape index (κ3) is 8.30. The molecule has 0 bridgehead atoms. The topological polar surface area (TPSA) is 84.0 Å². The second kappa shape index (κ2) is 13.3. The van der Waals surface area contributed by atoms with Crippen LogP contribution in [0.3, 0.4) is 0 Å². The van der Waals surface area contributed by atoms with E-state index in [9.17, 15) is 4.79 Å². The van der Waals surface area contributed by atoms with E-state index in [1.807, 2.05) is 51.1 Å². The van der Waals surface area contributed by atoms with Crippen molar-refractivity contribution in [3.63, 3.8) is 0 Å². The molecule has 0 radical (unpaired) electrons. The van der Waals surface area contributed by atoms with Gasteiger partial charge in [0.1, 0.15) is 12.4 Å². The number of rotatable bonds is 11. The van der Waals surface area contributed by atoms with Crippen molar-refractivity contribution in [2.45, 2.75) is 33.9 Å². The van der Waals surface area contributed by atoms with Crippen molar-refractivity contribution in [2.75, 3.05) is 33.4 Å². The molecule has 3 N–H and O–H groups in total. The van der Waals surface area contributed by atoms with Gasteiger partial charge in [0, 0.05) is 37.9 Å². The fourth-order valence-electron chi connectivity index (χ4n) is 2.94. The van der Waals surface area contributed by atoms with Gasteiger partial charge in [-0.3, -0.25) is 4.79 Å². The van der Waals surface area contributed by atoms with Crippen LogP contribution in [-0.4, -0.2) is 45.3 Å². The number of amides is 1. The first-order chi connectivity index (χ1) is 15.1. The number of nitrogens with one attached hydrogen (secondary N) is 3. The summed E-state index contributed by atoms with van der Waals surface area (Å²) in [6, 6.07) is 13.7. The van der Waals surface area contributed by atoms with E-state index in [2.05, 4.69) is 33.1 Å². The Morgan fingerprint density at radius 1 is 1.00 bits per heavy atom. The lowest BCUT2D eigenvalue weighted by Crippen LogP contribution is -2.36. The van der Waals surface area contributed by atoms with Gasteiger partial charge in [0.2, 0.25) is 0 Å². The zero-order valence-corrected chi connectivity index (χ0v) is 19.0. The summed E-state index contributed by atoms with van der Waals surface area (Å²) in [5.74, 6) is 1.48. The molecule has 0 aliphatic rings. The number of methoxy groups -OCH3 is 1. The van der Waals surface area contributed by atoms with E-state index < -0.39 is 0 Å². The van der Waals surface area contributed by atoms with Gasteiger partial charge in [-0.15, -0.1) is 0 Å². The van der Waals surface area contributed by atoms with Crippen molar-refractivity contribution in [3.8, 4) is 5.75 Å². The largest absolute Gasteiger partial charge is 0.491 e. The van der Waals surface area contributed by atoms with Gasteiger partial charge < -0.3 is 25.4 Å². The number of guanidine groups is 1. The monoisotopic (exact) mass is 426 g/mol. The van der Waals surface area contributed by atoms with Crippen LogP contribution in [0.2, 0.25) is 0 Å². The standard InChI is InChI=1S/C24H34N4O3/c1-5-25-23(29)20-9-7-8-19(15-20)16-27-24(26-6-2)28-17-21-11-10-18(3)14-22(21)31-13-12-30-4/h7-11,14-15H,5-6,12-13,16-17H2,1-4H3,(H,25,29)(H2,26,27,28). The molecular weight excluding hydrogens is 392 g/mol. The van der Waals surface area contributed by atoms with E-state index in [4.69, 9.17) is 9.47 Å². The fourth-order valence-corrected chi connectivity index (χ4v) is 2.94. The first kappa shape index (κ1) is 24.2. The molecule has 0 aliphatic carbocycles. The molecule has 0 fully saturated rings. The molecule has 0 aromatic heterocycles. The molecule has 0 spiro atoms. The molecule has 168 valence electrons. The average Bonchev–Trinajstić information content (AvgIpc) is 2.77. The van der Waals surface area contributed by atoms with Gasteiger partial charge in [0.25, 0.3) is 5.91 Å². The van der Waals surface area contributed by atoms with E-state index in [1.165, 1.54) is 0 Å². The van der Waals surface area contributed by atoms with Gasteiger partial charge in [-0.25, -0.2) is 4.99 Å². The van der Waals surface area contributed by atoms with Crippen LogP contribution in [0.4, 0.5) is 0 Å². The van der Waals surface area contributed by atoms with Gasteiger partial charge in [0.15, 0.2) is 5.96 Å². The van der Waals surface area contributed by atoms with E-state index in [-0.39, 0.29) is 5.91 Å². The Kier molecular flexibility index (Phi) is 10.4. The molecule has 0 heterocycles. The van der Waals surface area contributed by atoms with Crippen LogP contribution in [0.1, 0.15) is 40.9 Å². The van der Waals surface area contributed by atoms with Gasteiger partial charge in [-0.1, -0.05) is 24.3 Å². The van der Waals surface area contributed by atoms with Crippen molar-refractivity contribution in [3.05, 3.63) is 64.7 Å². The molecule has 0 saturated carbocycles. The highest BCUT2D eigenvalue weighted by Gasteiger charge is 2.07. The van der Waals surface area contributed by atoms with E-state index in [0.29, 0.717) is 44.4 Å². The lowest BCUT2D eigenvalue weighted by Gasteiger charge is -2.15. The molecule has 2 rings (SSSR count). The lowest BCUT2D eigenvalue weighted by atomic mass is 10.1. The maximum atomic E-state index is 12.1. The van der Waals surface area contributed by atoms with Crippen molar-refractivity contribution >= 4 is 11.9 Å². The minimum absolute atomic E-state index is 0.0706. The zero-order chi connectivity index (χ0) is 22.5. The highest BCUT2D eigenvalue weighted by atomic mass is 16.5. The molecule has 2 aromatic carbocycles. The Bertz CT molecular complexity index is 868. The number of carbonyl (C=O) groups is 1. The molecular formula is C24H34N4O3.